The van der Waals surface area contributed by atoms with Crippen molar-refractivity contribution < 1.29 is 9.59 Å². The maximum Gasteiger partial charge on any atom is 0.251 e. The summed E-state index contributed by atoms with van der Waals surface area (Å²) in [6.07, 6.45) is 3.93. The molecular formula is C43H48N4O2. The molecule has 0 aliphatic carbocycles. The lowest BCUT2D eigenvalue weighted by molar-refractivity contribution is -0.136. The summed E-state index contributed by atoms with van der Waals surface area (Å²) >= 11 is 0. The summed E-state index contributed by atoms with van der Waals surface area (Å²) in [5.74, 6) is 0.0625. The van der Waals surface area contributed by atoms with Gasteiger partial charge in [-0.15, -0.1) is 0 Å². The summed E-state index contributed by atoms with van der Waals surface area (Å²) < 4.78 is 0. The molecule has 1 saturated heterocycles. The van der Waals surface area contributed by atoms with Gasteiger partial charge in [0.15, 0.2) is 0 Å². The van der Waals surface area contributed by atoms with Crippen molar-refractivity contribution in [2.75, 3.05) is 26.2 Å². The topological polar surface area (TPSA) is 78.7 Å². The number of piperidine rings is 1. The van der Waals surface area contributed by atoms with Gasteiger partial charge in [-0.05, 0) is 89.9 Å². The highest BCUT2D eigenvalue weighted by molar-refractivity contribution is 6.01. The van der Waals surface area contributed by atoms with Crippen molar-refractivity contribution in [3.8, 4) is 11.1 Å². The Bertz CT molecular complexity index is 1850. The van der Waals surface area contributed by atoms with E-state index in [1.54, 1.807) is 0 Å². The first-order valence-corrected chi connectivity index (χ1v) is 17.7. The predicted octanol–water partition coefficient (Wildman–Crippen LogP) is 7.77. The maximum atomic E-state index is 14.4. The largest absolute Gasteiger partial charge is 0.352 e. The third kappa shape index (κ3) is 8.63. The van der Waals surface area contributed by atoms with Gasteiger partial charge in [-0.25, -0.2) is 0 Å². The molecule has 1 heterocycles. The van der Waals surface area contributed by atoms with E-state index in [4.69, 9.17) is 5.73 Å². The van der Waals surface area contributed by atoms with Gasteiger partial charge in [-0.2, -0.15) is 0 Å². The van der Waals surface area contributed by atoms with Gasteiger partial charge in [0.1, 0.15) is 0 Å². The Kier molecular flexibility index (Phi) is 11.5. The minimum absolute atomic E-state index is 0.0828. The molecule has 0 radical (unpaired) electrons. The van der Waals surface area contributed by atoms with Crippen LogP contribution in [0.15, 0.2) is 121 Å². The Morgan fingerprint density at radius 2 is 1.53 bits per heavy atom. The van der Waals surface area contributed by atoms with Crippen molar-refractivity contribution >= 4 is 22.6 Å². The third-order valence-electron chi connectivity index (χ3n) is 9.84. The van der Waals surface area contributed by atoms with E-state index in [-0.39, 0.29) is 23.9 Å². The molecule has 6 nitrogen and oxygen atoms in total. The minimum Gasteiger partial charge on any atom is -0.352 e. The number of hydrogen-bond donors (Lipinski definition) is 2. The fourth-order valence-electron chi connectivity index (χ4n) is 7.17. The molecule has 1 fully saturated rings. The van der Waals surface area contributed by atoms with Crippen LogP contribution >= 0.6 is 0 Å². The number of unbranched alkanes of at least 4 members (excludes halogenated alkanes) is 1. The highest BCUT2D eigenvalue weighted by Gasteiger charge is 2.32. The quantitative estimate of drug-likeness (QED) is 0.127. The monoisotopic (exact) mass is 652 g/mol. The van der Waals surface area contributed by atoms with Crippen LogP contribution in [0.1, 0.15) is 65.7 Å². The van der Waals surface area contributed by atoms with E-state index in [0.29, 0.717) is 25.1 Å². The third-order valence-corrected chi connectivity index (χ3v) is 9.84. The lowest BCUT2D eigenvalue weighted by Gasteiger charge is -2.42. The molecule has 1 aliphatic rings. The number of likely N-dealkylation sites (tertiary alicyclic amines) is 1. The molecule has 5 aromatic carbocycles. The van der Waals surface area contributed by atoms with Gasteiger partial charge in [0.2, 0.25) is 5.91 Å². The molecule has 1 aliphatic heterocycles. The number of nitrogens with zero attached hydrogens (tertiary/aromatic N) is 2. The van der Waals surface area contributed by atoms with E-state index in [9.17, 15) is 9.59 Å². The standard InChI is InChI=1S/C43H48N4O2/c1-32(36-16-11-17-38(30-36)40-18-7-8-19-41(40)43(49)45-25-10-9-24-44)47(39-22-26-46(27-23-39)31-33-12-3-2-4-13-33)42(48)29-34-20-21-35-14-5-6-15-37(35)28-34/h2-8,11-21,28,30,32,39H,9-10,22-27,29,31,44H2,1H3,(H,45,49). The predicted molar refractivity (Wildman–Crippen MR) is 200 cm³/mol. The van der Waals surface area contributed by atoms with Crippen LogP contribution in [-0.2, 0) is 17.8 Å². The normalized spacial score (nSPS) is 14.4. The molecule has 252 valence electrons. The van der Waals surface area contributed by atoms with Crippen LogP contribution in [-0.4, -0.2) is 53.8 Å². The molecule has 0 saturated carbocycles. The van der Waals surface area contributed by atoms with E-state index in [0.717, 1.165) is 73.0 Å². The zero-order chi connectivity index (χ0) is 34.0. The maximum absolute atomic E-state index is 14.4. The fraction of sp³-hybridized carbons (Fsp3) is 0.302. The van der Waals surface area contributed by atoms with Crippen LogP contribution in [0.2, 0.25) is 0 Å². The van der Waals surface area contributed by atoms with Gasteiger partial charge >= 0.3 is 0 Å². The Labute approximate surface area is 290 Å². The van der Waals surface area contributed by atoms with Gasteiger partial charge in [0.05, 0.1) is 12.5 Å². The second-order valence-corrected chi connectivity index (χ2v) is 13.3. The first-order chi connectivity index (χ1) is 24.0. The molecule has 0 bridgehead atoms. The Hall–Kier alpha value is -4.78. The van der Waals surface area contributed by atoms with Crippen LogP contribution in [0.3, 0.4) is 0 Å². The number of nitrogens with two attached hydrogens (primary N) is 1. The van der Waals surface area contributed by atoms with Crippen LogP contribution in [0.25, 0.3) is 21.9 Å². The number of carbonyl (C=O) groups is 2. The van der Waals surface area contributed by atoms with Crippen molar-refractivity contribution in [3.05, 3.63) is 144 Å². The molecule has 49 heavy (non-hydrogen) atoms. The molecule has 6 rings (SSSR count). The number of nitrogens with one attached hydrogen (secondary N) is 1. The minimum atomic E-state index is -0.143. The van der Waals surface area contributed by atoms with Crippen LogP contribution in [0.5, 0.6) is 0 Å². The average molecular weight is 653 g/mol. The van der Waals surface area contributed by atoms with E-state index in [1.807, 2.05) is 42.5 Å². The molecule has 1 unspecified atom stereocenters. The van der Waals surface area contributed by atoms with Gasteiger partial charge < -0.3 is 16.0 Å². The summed E-state index contributed by atoms with van der Waals surface area (Å²) in [4.78, 5) is 32.3. The number of hydrogen-bond acceptors (Lipinski definition) is 4. The smallest absolute Gasteiger partial charge is 0.251 e. The fourth-order valence-corrected chi connectivity index (χ4v) is 7.17. The van der Waals surface area contributed by atoms with Gasteiger partial charge in [0.25, 0.3) is 5.91 Å². The van der Waals surface area contributed by atoms with Crippen molar-refractivity contribution in [2.24, 2.45) is 5.73 Å². The molecule has 0 spiro atoms. The van der Waals surface area contributed by atoms with E-state index >= 15 is 0 Å². The molecule has 0 aromatic heterocycles. The first-order valence-electron chi connectivity index (χ1n) is 17.7. The van der Waals surface area contributed by atoms with Crippen molar-refractivity contribution in [1.82, 2.24) is 15.1 Å². The number of amides is 2. The lowest BCUT2D eigenvalue weighted by Crippen LogP contribution is -2.48. The molecule has 3 N–H and O–H groups in total. The van der Waals surface area contributed by atoms with E-state index in [2.05, 4.69) is 101 Å². The summed E-state index contributed by atoms with van der Waals surface area (Å²) in [6.45, 7) is 6.19. The Morgan fingerprint density at radius 1 is 0.796 bits per heavy atom. The Morgan fingerprint density at radius 3 is 2.33 bits per heavy atom. The zero-order valence-electron chi connectivity index (χ0n) is 28.6. The van der Waals surface area contributed by atoms with Crippen molar-refractivity contribution in [1.29, 1.82) is 0 Å². The molecule has 6 heteroatoms. The molecule has 5 aromatic rings. The van der Waals surface area contributed by atoms with Crippen LogP contribution in [0.4, 0.5) is 0 Å². The average Bonchev–Trinajstić information content (AvgIpc) is 3.14. The summed E-state index contributed by atoms with van der Waals surface area (Å²) in [7, 11) is 0. The SMILES string of the molecule is CC(c1cccc(-c2ccccc2C(=O)NCCCCN)c1)N(C(=O)Cc1ccc2ccccc2c1)C1CCN(Cc2ccccc2)CC1. The van der Waals surface area contributed by atoms with Crippen LogP contribution in [0, 0.1) is 0 Å². The van der Waals surface area contributed by atoms with Crippen molar-refractivity contribution in [2.45, 2.75) is 57.7 Å². The van der Waals surface area contributed by atoms with E-state index in [1.165, 1.54) is 10.9 Å². The van der Waals surface area contributed by atoms with Gasteiger partial charge in [-0.3, -0.25) is 14.5 Å². The number of fused-ring (bicyclic) bond motifs is 1. The second kappa shape index (κ2) is 16.6. The number of rotatable bonds is 13. The zero-order valence-corrected chi connectivity index (χ0v) is 28.6. The van der Waals surface area contributed by atoms with E-state index < -0.39 is 0 Å². The summed E-state index contributed by atoms with van der Waals surface area (Å²) in [6, 6.07) is 41.4. The first kappa shape index (κ1) is 34.1. The summed E-state index contributed by atoms with van der Waals surface area (Å²) in [5.41, 5.74) is 11.6. The number of benzene rings is 5. The lowest BCUT2D eigenvalue weighted by atomic mass is 9.93. The number of carbonyl (C=O) groups excluding carboxylic acids is 2. The molecule has 1 atom stereocenters. The highest BCUT2D eigenvalue weighted by atomic mass is 16.2. The second-order valence-electron chi connectivity index (χ2n) is 13.3. The van der Waals surface area contributed by atoms with Crippen molar-refractivity contribution in [3.63, 3.8) is 0 Å². The molecular weight excluding hydrogens is 604 g/mol. The molecule has 2 amide bonds. The summed E-state index contributed by atoms with van der Waals surface area (Å²) in [5, 5.41) is 5.39. The van der Waals surface area contributed by atoms with Gasteiger partial charge in [-0.1, -0.05) is 109 Å². The highest BCUT2D eigenvalue weighted by Crippen LogP contribution is 2.33. The van der Waals surface area contributed by atoms with Crippen LogP contribution < -0.4 is 11.1 Å². The Balaban J connectivity index is 1.25. The van der Waals surface area contributed by atoms with Gasteiger partial charge in [0, 0.05) is 37.8 Å².